The molecule has 0 aliphatic heterocycles. The molecule has 3 N–H and O–H groups in total. The number of rotatable bonds is 4. The molecule has 74 valence electrons. The lowest BCUT2D eigenvalue weighted by molar-refractivity contribution is 0.253. The van der Waals surface area contributed by atoms with Crippen LogP contribution >= 0.6 is 0 Å². The van der Waals surface area contributed by atoms with E-state index in [4.69, 9.17) is 15.3 Å². The molecule has 1 aromatic rings. The molecule has 1 unspecified atom stereocenters. The molecule has 0 aliphatic carbocycles. The van der Waals surface area contributed by atoms with E-state index in [9.17, 15) is 0 Å². The normalized spacial score (nSPS) is 15.7. The molecule has 13 heavy (non-hydrogen) atoms. The number of hydrogen-bond donors (Lipinski definition) is 2. The molecule has 1 atom stereocenters. The minimum absolute atomic E-state index is 0.173. The van der Waals surface area contributed by atoms with Crippen molar-refractivity contribution in [2.45, 2.75) is 32.2 Å². The van der Waals surface area contributed by atoms with Crippen molar-refractivity contribution in [3.8, 4) is 0 Å². The molecule has 1 heterocycles. The number of furan rings is 1. The lowest BCUT2D eigenvalue weighted by atomic mass is 9.94. The van der Waals surface area contributed by atoms with E-state index in [1.54, 1.807) is 0 Å². The van der Waals surface area contributed by atoms with Crippen molar-refractivity contribution in [1.82, 2.24) is 0 Å². The van der Waals surface area contributed by atoms with Crippen LogP contribution in [0.15, 0.2) is 16.5 Å². The van der Waals surface area contributed by atoms with Gasteiger partial charge in [-0.25, -0.2) is 0 Å². The molecule has 0 aromatic carbocycles. The highest BCUT2D eigenvalue weighted by Crippen LogP contribution is 2.24. The third-order valence-corrected chi connectivity index (χ3v) is 2.16. The highest BCUT2D eigenvalue weighted by atomic mass is 16.3. The second kappa shape index (κ2) is 3.94. The van der Waals surface area contributed by atoms with Crippen LogP contribution in [0.3, 0.4) is 0 Å². The number of aryl methyl sites for hydroxylation is 1. The average molecular weight is 183 g/mol. The summed E-state index contributed by atoms with van der Waals surface area (Å²) >= 11 is 0. The minimum atomic E-state index is -0.461. The maximum atomic E-state index is 8.70. The van der Waals surface area contributed by atoms with Gasteiger partial charge in [0.1, 0.15) is 11.5 Å². The first-order valence-corrected chi connectivity index (χ1v) is 4.53. The van der Waals surface area contributed by atoms with Crippen molar-refractivity contribution in [1.29, 1.82) is 0 Å². The van der Waals surface area contributed by atoms with Crippen molar-refractivity contribution in [2.75, 3.05) is 6.61 Å². The summed E-state index contributed by atoms with van der Waals surface area (Å²) < 4.78 is 5.44. The summed E-state index contributed by atoms with van der Waals surface area (Å²) in [5.74, 6) is 1.66. The highest BCUT2D eigenvalue weighted by molar-refractivity contribution is 5.13. The number of nitrogens with two attached hydrogens (primary N) is 1. The van der Waals surface area contributed by atoms with Gasteiger partial charge in [-0.1, -0.05) is 0 Å². The van der Waals surface area contributed by atoms with E-state index in [2.05, 4.69) is 0 Å². The van der Waals surface area contributed by atoms with E-state index < -0.39 is 5.54 Å². The van der Waals surface area contributed by atoms with E-state index in [1.165, 1.54) is 0 Å². The third-order valence-electron chi connectivity index (χ3n) is 2.16. The molecule has 0 aliphatic rings. The SMILES string of the molecule is Cc1ccc(C(C)(N)CCCO)o1. The van der Waals surface area contributed by atoms with Crippen LogP contribution in [-0.4, -0.2) is 11.7 Å². The molecule has 0 radical (unpaired) electrons. The fourth-order valence-corrected chi connectivity index (χ4v) is 1.31. The van der Waals surface area contributed by atoms with E-state index >= 15 is 0 Å². The van der Waals surface area contributed by atoms with Crippen LogP contribution in [0.1, 0.15) is 31.3 Å². The summed E-state index contributed by atoms with van der Waals surface area (Å²) in [6.45, 7) is 3.99. The van der Waals surface area contributed by atoms with E-state index in [0.717, 1.165) is 17.9 Å². The highest BCUT2D eigenvalue weighted by Gasteiger charge is 2.23. The molecule has 0 bridgehead atoms. The molecule has 0 amide bonds. The topological polar surface area (TPSA) is 59.4 Å². The Morgan fingerprint density at radius 2 is 2.23 bits per heavy atom. The number of hydrogen-bond acceptors (Lipinski definition) is 3. The first-order chi connectivity index (χ1) is 6.06. The maximum absolute atomic E-state index is 8.70. The van der Waals surface area contributed by atoms with E-state index in [0.29, 0.717) is 6.42 Å². The largest absolute Gasteiger partial charge is 0.464 e. The molecule has 3 nitrogen and oxygen atoms in total. The molecule has 0 spiro atoms. The van der Waals surface area contributed by atoms with Gasteiger partial charge in [0.2, 0.25) is 0 Å². The first-order valence-electron chi connectivity index (χ1n) is 4.53. The Morgan fingerprint density at radius 3 is 2.69 bits per heavy atom. The molecule has 0 saturated carbocycles. The summed E-state index contributed by atoms with van der Waals surface area (Å²) in [6, 6.07) is 3.80. The quantitative estimate of drug-likeness (QED) is 0.744. The van der Waals surface area contributed by atoms with Crippen LogP contribution in [0, 0.1) is 6.92 Å². The van der Waals surface area contributed by atoms with Gasteiger partial charge < -0.3 is 15.3 Å². The lowest BCUT2D eigenvalue weighted by Gasteiger charge is -2.21. The standard InChI is InChI=1S/C10H17NO2/c1-8-4-5-9(13-8)10(2,11)6-3-7-12/h4-5,12H,3,6-7,11H2,1-2H3. The Balaban J connectivity index is 2.68. The van der Waals surface area contributed by atoms with Crippen molar-refractivity contribution < 1.29 is 9.52 Å². The van der Waals surface area contributed by atoms with Crippen molar-refractivity contribution in [2.24, 2.45) is 5.73 Å². The van der Waals surface area contributed by atoms with E-state index in [1.807, 2.05) is 26.0 Å². The summed E-state index contributed by atoms with van der Waals surface area (Å²) in [5, 5.41) is 8.70. The molecule has 0 fully saturated rings. The zero-order valence-corrected chi connectivity index (χ0v) is 8.21. The van der Waals surface area contributed by atoms with Gasteiger partial charge in [0.25, 0.3) is 0 Å². The summed E-state index contributed by atoms with van der Waals surface area (Å²) in [4.78, 5) is 0. The Morgan fingerprint density at radius 1 is 1.54 bits per heavy atom. The Labute approximate surface area is 78.5 Å². The minimum Gasteiger partial charge on any atom is -0.464 e. The van der Waals surface area contributed by atoms with Gasteiger partial charge in [0.05, 0.1) is 5.54 Å². The second-order valence-corrected chi connectivity index (χ2v) is 3.65. The van der Waals surface area contributed by atoms with Gasteiger partial charge in [-0.05, 0) is 38.8 Å². The van der Waals surface area contributed by atoms with Crippen LogP contribution in [0.2, 0.25) is 0 Å². The number of aliphatic hydroxyl groups excluding tert-OH is 1. The van der Waals surface area contributed by atoms with Gasteiger partial charge in [-0.15, -0.1) is 0 Å². The van der Waals surface area contributed by atoms with Crippen molar-refractivity contribution >= 4 is 0 Å². The van der Waals surface area contributed by atoms with Crippen LogP contribution in [-0.2, 0) is 5.54 Å². The van der Waals surface area contributed by atoms with Crippen LogP contribution in [0.25, 0.3) is 0 Å². The molecular formula is C10H17NO2. The van der Waals surface area contributed by atoms with Gasteiger partial charge in [-0.3, -0.25) is 0 Å². The monoisotopic (exact) mass is 183 g/mol. The van der Waals surface area contributed by atoms with Crippen LogP contribution in [0.5, 0.6) is 0 Å². The van der Waals surface area contributed by atoms with Crippen LogP contribution in [0.4, 0.5) is 0 Å². The Kier molecular flexibility index (Phi) is 3.12. The summed E-state index contributed by atoms with van der Waals surface area (Å²) in [5.41, 5.74) is 5.57. The molecule has 3 heteroatoms. The summed E-state index contributed by atoms with van der Waals surface area (Å²) in [6.07, 6.45) is 1.43. The molecular weight excluding hydrogens is 166 g/mol. The van der Waals surface area contributed by atoms with Gasteiger partial charge in [0, 0.05) is 6.61 Å². The van der Waals surface area contributed by atoms with E-state index in [-0.39, 0.29) is 6.61 Å². The molecule has 0 saturated heterocycles. The lowest BCUT2D eigenvalue weighted by Crippen LogP contribution is -2.32. The first kappa shape index (κ1) is 10.3. The number of aliphatic hydroxyl groups is 1. The Hall–Kier alpha value is -0.800. The zero-order valence-electron chi connectivity index (χ0n) is 8.21. The fraction of sp³-hybridized carbons (Fsp3) is 0.600. The maximum Gasteiger partial charge on any atom is 0.123 e. The van der Waals surface area contributed by atoms with Crippen LogP contribution < -0.4 is 5.73 Å². The van der Waals surface area contributed by atoms with Gasteiger partial charge >= 0.3 is 0 Å². The van der Waals surface area contributed by atoms with Crippen molar-refractivity contribution in [3.05, 3.63) is 23.7 Å². The third kappa shape index (κ3) is 2.57. The zero-order chi connectivity index (χ0) is 9.90. The molecule has 1 rings (SSSR count). The van der Waals surface area contributed by atoms with Crippen molar-refractivity contribution in [3.63, 3.8) is 0 Å². The smallest absolute Gasteiger partial charge is 0.123 e. The second-order valence-electron chi connectivity index (χ2n) is 3.65. The molecule has 1 aromatic heterocycles. The van der Waals surface area contributed by atoms with Gasteiger partial charge in [-0.2, -0.15) is 0 Å². The summed E-state index contributed by atoms with van der Waals surface area (Å²) in [7, 11) is 0. The average Bonchev–Trinajstić information content (AvgIpc) is 2.49. The Bertz CT molecular complexity index is 266. The predicted molar refractivity (Wildman–Crippen MR) is 51.3 cm³/mol. The fourth-order valence-electron chi connectivity index (χ4n) is 1.31. The van der Waals surface area contributed by atoms with Gasteiger partial charge in [0.15, 0.2) is 0 Å². The predicted octanol–water partition coefficient (Wildman–Crippen LogP) is 1.53.